The maximum atomic E-state index is 4.62. The average Bonchev–Trinajstić information content (AvgIpc) is 3.04. The van der Waals surface area contributed by atoms with E-state index in [0.29, 0.717) is 0 Å². The number of nitrogens with one attached hydrogen (secondary N) is 2. The molecule has 0 bridgehead atoms. The molecular weight excluding hydrogens is 310 g/mol. The lowest BCUT2D eigenvalue weighted by Crippen LogP contribution is -2.39. The molecule has 5 nitrogen and oxygen atoms in total. The van der Waals surface area contributed by atoms with Gasteiger partial charge in [0.25, 0.3) is 0 Å². The van der Waals surface area contributed by atoms with Crippen molar-refractivity contribution >= 4 is 17.0 Å². The first kappa shape index (κ1) is 19.0. The molecule has 2 rings (SSSR count). The van der Waals surface area contributed by atoms with Crippen molar-refractivity contribution in [2.24, 2.45) is 4.99 Å². The predicted octanol–water partition coefficient (Wildman–Crippen LogP) is 3.75. The molecule has 0 aliphatic carbocycles. The van der Waals surface area contributed by atoms with E-state index in [4.69, 9.17) is 0 Å². The summed E-state index contributed by atoms with van der Waals surface area (Å²) in [5, 5.41) is 3.44. The van der Waals surface area contributed by atoms with E-state index in [9.17, 15) is 0 Å². The smallest absolute Gasteiger partial charge is 0.193 e. The summed E-state index contributed by atoms with van der Waals surface area (Å²) < 4.78 is 0. The van der Waals surface area contributed by atoms with Crippen molar-refractivity contribution in [3.8, 4) is 0 Å². The van der Waals surface area contributed by atoms with Crippen molar-refractivity contribution in [2.75, 3.05) is 27.2 Å². The summed E-state index contributed by atoms with van der Waals surface area (Å²) in [6.07, 6.45) is 8.70. The van der Waals surface area contributed by atoms with Crippen LogP contribution in [0.4, 0.5) is 0 Å². The van der Waals surface area contributed by atoms with E-state index in [1.54, 1.807) is 0 Å². The van der Waals surface area contributed by atoms with Crippen molar-refractivity contribution in [3.05, 3.63) is 42.7 Å². The van der Waals surface area contributed by atoms with E-state index in [-0.39, 0.29) is 0 Å². The van der Waals surface area contributed by atoms with Gasteiger partial charge in [0.2, 0.25) is 0 Å². The standard InChI is InChI=1S/C20H31N5/c1-4-5-6-7-10-16-25(3)20(21-2)22-15-11-14-19-23-17-12-8-9-13-18(17)24-19/h4,8-9,12-13H,1,5-7,10-11,14-16H2,2-3H3,(H,21,22)(H,23,24). The Morgan fingerprint density at radius 1 is 1.28 bits per heavy atom. The second kappa shape index (κ2) is 10.5. The lowest BCUT2D eigenvalue weighted by atomic mass is 10.2. The number of unbranched alkanes of at least 4 members (excludes halogenated alkanes) is 3. The fraction of sp³-hybridized carbons (Fsp3) is 0.500. The van der Waals surface area contributed by atoms with E-state index in [2.05, 4.69) is 44.9 Å². The van der Waals surface area contributed by atoms with E-state index in [1.165, 1.54) is 19.3 Å². The second-order valence-electron chi connectivity index (χ2n) is 6.34. The molecule has 1 heterocycles. The summed E-state index contributed by atoms with van der Waals surface area (Å²) in [4.78, 5) is 14.6. The molecule has 1 aromatic heterocycles. The molecule has 1 aromatic carbocycles. The monoisotopic (exact) mass is 341 g/mol. The summed E-state index contributed by atoms with van der Waals surface area (Å²) in [5.74, 6) is 2.02. The topological polar surface area (TPSA) is 56.3 Å². The number of hydrogen-bond acceptors (Lipinski definition) is 2. The van der Waals surface area contributed by atoms with Crippen LogP contribution in [0.2, 0.25) is 0 Å². The number of guanidine groups is 1. The van der Waals surface area contributed by atoms with Gasteiger partial charge in [-0.3, -0.25) is 4.99 Å². The van der Waals surface area contributed by atoms with Gasteiger partial charge in [-0.1, -0.05) is 24.6 Å². The second-order valence-corrected chi connectivity index (χ2v) is 6.34. The first-order valence-corrected chi connectivity index (χ1v) is 9.21. The van der Waals surface area contributed by atoms with Crippen molar-refractivity contribution in [2.45, 2.75) is 38.5 Å². The number of nitrogens with zero attached hydrogens (tertiary/aromatic N) is 3. The number of fused-ring (bicyclic) bond motifs is 1. The Balaban J connectivity index is 1.67. The van der Waals surface area contributed by atoms with Crippen molar-refractivity contribution in [3.63, 3.8) is 0 Å². The van der Waals surface area contributed by atoms with Gasteiger partial charge in [-0.05, 0) is 37.8 Å². The molecule has 0 saturated heterocycles. The van der Waals surface area contributed by atoms with Crippen LogP contribution in [0.25, 0.3) is 11.0 Å². The molecule has 136 valence electrons. The van der Waals surface area contributed by atoms with Crippen LogP contribution in [-0.4, -0.2) is 48.0 Å². The number of rotatable bonds is 10. The highest BCUT2D eigenvalue weighted by atomic mass is 15.3. The minimum atomic E-state index is 0.893. The third-order valence-corrected chi connectivity index (χ3v) is 4.29. The lowest BCUT2D eigenvalue weighted by Gasteiger charge is -2.22. The van der Waals surface area contributed by atoms with E-state index in [0.717, 1.165) is 55.2 Å². The molecule has 5 heteroatoms. The molecule has 0 fully saturated rings. The Hall–Kier alpha value is -2.30. The summed E-state index contributed by atoms with van der Waals surface area (Å²) in [6.45, 7) is 5.69. The van der Waals surface area contributed by atoms with Crippen LogP contribution < -0.4 is 5.32 Å². The zero-order chi connectivity index (χ0) is 17.9. The van der Waals surface area contributed by atoms with Gasteiger partial charge < -0.3 is 15.2 Å². The molecule has 0 spiro atoms. The minimum Gasteiger partial charge on any atom is -0.356 e. The van der Waals surface area contributed by atoms with E-state index in [1.807, 2.05) is 31.3 Å². The maximum absolute atomic E-state index is 4.62. The molecule has 0 aliphatic rings. The van der Waals surface area contributed by atoms with Gasteiger partial charge in [0, 0.05) is 33.6 Å². The highest BCUT2D eigenvalue weighted by Gasteiger charge is 2.06. The summed E-state index contributed by atoms with van der Waals surface area (Å²) in [7, 11) is 3.94. The Bertz CT molecular complexity index is 641. The predicted molar refractivity (Wildman–Crippen MR) is 107 cm³/mol. The van der Waals surface area contributed by atoms with Crippen molar-refractivity contribution in [1.82, 2.24) is 20.2 Å². The number of allylic oxidation sites excluding steroid dienone is 1. The van der Waals surface area contributed by atoms with Gasteiger partial charge in [-0.25, -0.2) is 4.98 Å². The van der Waals surface area contributed by atoms with Gasteiger partial charge in [-0.15, -0.1) is 6.58 Å². The molecule has 0 aliphatic heterocycles. The number of imidazole rings is 1. The molecule has 2 N–H and O–H groups in total. The lowest BCUT2D eigenvalue weighted by molar-refractivity contribution is 0.454. The Morgan fingerprint density at radius 2 is 2.12 bits per heavy atom. The Kier molecular flexibility index (Phi) is 8.02. The highest BCUT2D eigenvalue weighted by Crippen LogP contribution is 2.11. The molecule has 0 amide bonds. The number of aliphatic imine (C=N–C) groups is 1. The van der Waals surface area contributed by atoms with E-state index >= 15 is 0 Å². The van der Waals surface area contributed by atoms with Crippen LogP contribution in [0, 0.1) is 0 Å². The number of para-hydroxylation sites is 2. The first-order chi connectivity index (χ1) is 12.2. The van der Waals surface area contributed by atoms with Gasteiger partial charge >= 0.3 is 0 Å². The van der Waals surface area contributed by atoms with Crippen LogP contribution in [0.3, 0.4) is 0 Å². The SMILES string of the molecule is C=CCCCCCN(C)C(=NC)NCCCc1nc2ccccc2[nH]1. The van der Waals surface area contributed by atoms with E-state index < -0.39 is 0 Å². The maximum Gasteiger partial charge on any atom is 0.193 e. The molecular formula is C20H31N5. The normalized spacial score (nSPS) is 11.7. The fourth-order valence-electron chi connectivity index (χ4n) is 2.89. The third kappa shape index (κ3) is 6.25. The largest absolute Gasteiger partial charge is 0.356 e. The quantitative estimate of drug-likeness (QED) is 0.299. The number of aromatic nitrogens is 2. The summed E-state index contributed by atoms with van der Waals surface area (Å²) >= 11 is 0. The molecule has 2 aromatic rings. The number of benzene rings is 1. The Morgan fingerprint density at radius 3 is 2.88 bits per heavy atom. The first-order valence-electron chi connectivity index (χ1n) is 9.21. The molecule has 0 saturated carbocycles. The van der Waals surface area contributed by atoms with Crippen LogP contribution in [0.15, 0.2) is 41.9 Å². The van der Waals surface area contributed by atoms with Crippen LogP contribution in [0.1, 0.15) is 37.9 Å². The zero-order valence-electron chi connectivity index (χ0n) is 15.6. The van der Waals surface area contributed by atoms with Gasteiger partial charge in [0.1, 0.15) is 5.82 Å². The molecule has 25 heavy (non-hydrogen) atoms. The highest BCUT2D eigenvalue weighted by molar-refractivity contribution is 5.79. The van der Waals surface area contributed by atoms with Crippen molar-refractivity contribution < 1.29 is 0 Å². The molecule has 0 atom stereocenters. The molecule has 0 unspecified atom stereocenters. The zero-order valence-corrected chi connectivity index (χ0v) is 15.6. The van der Waals surface area contributed by atoms with Crippen molar-refractivity contribution in [1.29, 1.82) is 0 Å². The minimum absolute atomic E-state index is 0.893. The number of hydrogen-bond donors (Lipinski definition) is 2. The van der Waals surface area contributed by atoms with Crippen LogP contribution in [-0.2, 0) is 6.42 Å². The third-order valence-electron chi connectivity index (χ3n) is 4.29. The van der Waals surface area contributed by atoms with Gasteiger partial charge in [0.15, 0.2) is 5.96 Å². The van der Waals surface area contributed by atoms with Gasteiger partial charge in [0.05, 0.1) is 11.0 Å². The molecule has 0 radical (unpaired) electrons. The van der Waals surface area contributed by atoms with Gasteiger partial charge in [-0.2, -0.15) is 0 Å². The number of H-pyrrole nitrogens is 1. The fourth-order valence-corrected chi connectivity index (χ4v) is 2.89. The average molecular weight is 342 g/mol. The summed E-state index contributed by atoms with van der Waals surface area (Å²) in [6, 6.07) is 8.16. The number of aromatic amines is 1. The van der Waals surface area contributed by atoms with Crippen LogP contribution in [0.5, 0.6) is 0 Å². The number of aryl methyl sites for hydroxylation is 1. The summed E-state index contributed by atoms with van der Waals surface area (Å²) in [5.41, 5.74) is 2.15. The van der Waals surface area contributed by atoms with Crippen LogP contribution >= 0.6 is 0 Å². The Labute approximate surface area is 151 Å².